The van der Waals surface area contributed by atoms with E-state index in [1.54, 1.807) is 18.2 Å². The summed E-state index contributed by atoms with van der Waals surface area (Å²) in [6.07, 6.45) is 1.75. The van der Waals surface area contributed by atoms with Gasteiger partial charge in [0.05, 0.1) is 12.7 Å². The van der Waals surface area contributed by atoms with Crippen LogP contribution in [-0.4, -0.2) is 31.4 Å². The van der Waals surface area contributed by atoms with Crippen molar-refractivity contribution in [1.29, 1.82) is 0 Å². The second-order valence-corrected chi connectivity index (χ2v) is 4.14. The molecular formula is C14H18N2O4. The lowest BCUT2D eigenvalue weighted by molar-refractivity contribution is -0.136. The number of unbranched alkanes of at least 4 members (excludes halogenated alkanes) is 1. The Kier molecular flexibility index (Phi) is 6.22. The molecule has 108 valence electrons. The normalized spacial score (nSPS) is 9.70. The number of nitrogens with one attached hydrogen (secondary N) is 2. The summed E-state index contributed by atoms with van der Waals surface area (Å²) < 4.78 is 4.58. The highest BCUT2D eigenvalue weighted by molar-refractivity contribution is 6.39. The van der Waals surface area contributed by atoms with Crippen molar-refractivity contribution in [2.45, 2.75) is 19.8 Å². The maximum absolute atomic E-state index is 11.6. The highest BCUT2D eigenvalue weighted by Gasteiger charge is 2.13. The first-order chi connectivity index (χ1) is 9.58. The van der Waals surface area contributed by atoms with E-state index in [1.807, 2.05) is 6.92 Å². The molecule has 2 N–H and O–H groups in total. The largest absolute Gasteiger partial charge is 0.465 e. The minimum absolute atomic E-state index is 0.302. The summed E-state index contributed by atoms with van der Waals surface area (Å²) in [6.45, 7) is 2.45. The third-order valence-corrected chi connectivity index (χ3v) is 2.56. The molecule has 1 aromatic rings. The Labute approximate surface area is 117 Å². The van der Waals surface area contributed by atoms with Crippen LogP contribution in [-0.2, 0) is 14.3 Å². The number of carbonyl (C=O) groups is 3. The fourth-order valence-electron chi connectivity index (χ4n) is 1.49. The Morgan fingerprint density at radius 2 is 1.95 bits per heavy atom. The minimum Gasteiger partial charge on any atom is -0.465 e. The van der Waals surface area contributed by atoms with E-state index in [9.17, 15) is 14.4 Å². The standard InChI is InChI=1S/C14H18N2O4/c1-3-4-8-15-12(17)13(18)16-11-7-5-6-10(9-11)14(19)20-2/h5-7,9H,3-4,8H2,1-2H3,(H,15,17)(H,16,18). The van der Waals surface area contributed by atoms with Gasteiger partial charge in [0.2, 0.25) is 0 Å². The van der Waals surface area contributed by atoms with Crippen LogP contribution in [0.3, 0.4) is 0 Å². The molecular weight excluding hydrogens is 260 g/mol. The lowest BCUT2D eigenvalue weighted by Gasteiger charge is -2.07. The highest BCUT2D eigenvalue weighted by atomic mass is 16.5. The van der Waals surface area contributed by atoms with Gasteiger partial charge in [0.1, 0.15) is 0 Å². The molecule has 0 heterocycles. The maximum Gasteiger partial charge on any atom is 0.337 e. The van der Waals surface area contributed by atoms with Gasteiger partial charge in [-0.1, -0.05) is 19.4 Å². The molecule has 0 aliphatic rings. The Hall–Kier alpha value is -2.37. The van der Waals surface area contributed by atoms with Crippen LogP contribution in [0.4, 0.5) is 5.69 Å². The fourth-order valence-corrected chi connectivity index (χ4v) is 1.49. The highest BCUT2D eigenvalue weighted by Crippen LogP contribution is 2.11. The van der Waals surface area contributed by atoms with Crippen LogP contribution < -0.4 is 10.6 Å². The Bertz CT molecular complexity index is 500. The zero-order valence-corrected chi connectivity index (χ0v) is 11.6. The van der Waals surface area contributed by atoms with Gasteiger partial charge in [0.25, 0.3) is 0 Å². The first kappa shape index (κ1) is 15.7. The molecule has 0 aromatic heterocycles. The fraction of sp³-hybridized carbons (Fsp3) is 0.357. The summed E-state index contributed by atoms with van der Waals surface area (Å²) in [5, 5.41) is 4.94. The summed E-state index contributed by atoms with van der Waals surface area (Å²) in [5.74, 6) is -1.96. The molecule has 0 unspecified atom stereocenters. The van der Waals surface area contributed by atoms with Crippen LogP contribution in [0.5, 0.6) is 0 Å². The van der Waals surface area contributed by atoms with Gasteiger partial charge in [-0.2, -0.15) is 0 Å². The average molecular weight is 278 g/mol. The molecule has 0 saturated heterocycles. The van der Waals surface area contributed by atoms with Crippen molar-refractivity contribution in [2.75, 3.05) is 19.0 Å². The predicted octanol–water partition coefficient (Wildman–Crippen LogP) is 1.33. The Morgan fingerprint density at radius 3 is 2.60 bits per heavy atom. The maximum atomic E-state index is 11.6. The van der Waals surface area contributed by atoms with E-state index in [0.29, 0.717) is 17.8 Å². The molecule has 2 amide bonds. The van der Waals surface area contributed by atoms with Crippen LogP contribution in [0.1, 0.15) is 30.1 Å². The number of anilines is 1. The summed E-state index contributed by atoms with van der Waals surface area (Å²) in [6, 6.07) is 6.19. The van der Waals surface area contributed by atoms with Crippen molar-refractivity contribution in [3.8, 4) is 0 Å². The second kappa shape index (κ2) is 7.93. The van der Waals surface area contributed by atoms with Gasteiger partial charge in [-0.25, -0.2) is 4.79 Å². The SMILES string of the molecule is CCCCNC(=O)C(=O)Nc1cccc(C(=O)OC)c1. The zero-order valence-electron chi connectivity index (χ0n) is 11.6. The number of benzene rings is 1. The van der Waals surface area contributed by atoms with Crippen molar-refractivity contribution in [1.82, 2.24) is 5.32 Å². The zero-order chi connectivity index (χ0) is 15.0. The molecule has 0 radical (unpaired) electrons. The van der Waals surface area contributed by atoms with E-state index in [4.69, 9.17) is 0 Å². The average Bonchev–Trinajstić information content (AvgIpc) is 2.46. The van der Waals surface area contributed by atoms with E-state index in [1.165, 1.54) is 13.2 Å². The molecule has 0 spiro atoms. The third kappa shape index (κ3) is 4.72. The monoisotopic (exact) mass is 278 g/mol. The van der Waals surface area contributed by atoms with Crippen LogP contribution in [0, 0.1) is 0 Å². The van der Waals surface area contributed by atoms with Crippen molar-refractivity contribution in [3.63, 3.8) is 0 Å². The molecule has 0 aliphatic heterocycles. The van der Waals surface area contributed by atoms with E-state index in [0.717, 1.165) is 12.8 Å². The molecule has 6 heteroatoms. The van der Waals surface area contributed by atoms with Crippen molar-refractivity contribution < 1.29 is 19.1 Å². The predicted molar refractivity (Wildman–Crippen MR) is 74.3 cm³/mol. The van der Waals surface area contributed by atoms with Gasteiger partial charge >= 0.3 is 17.8 Å². The number of esters is 1. The number of carbonyl (C=O) groups excluding carboxylic acids is 3. The summed E-state index contributed by atoms with van der Waals surface area (Å²) in [7, 11) is 1.27. The molecule has 0 bridgehead atoms. The first-order valence-electron chi connectivity index (χ1n) is 6.36. The molecule has 0 aliphatic carbocycles. The van der Waals surface area contributed by atoms with Gasteiger partial charge < -0.3 is 15.4 Å². The third-order valence-electron chi connectivity index (χ3n) is 2.56. The quantitative estimate of drug-likeness (QED) is 0.483. The van der Waals surface area contributed by atoms with E-state index in [2.05, 4.69) is 15.4 Å². The summed E-state index contributed by atoms with van der Waals surface area (Å²) in [4.78, 5) is 34.4. The molecule has 0 saturated carbocycles. The van der Waals surface area contributed by atoms with Crippen molar-refractivity contribution in [2.24, 2.45) is 0 Å². The lowest BCUT2D eigenvalue weighted by atomic mass is 10.2. The molecule has 0 fully saturated rings. The van der Waals surface area contributed by atoms with Crippen LogP contribution >= 0.6 is 0 Å². The van der Waals surface area contributed by atoms with Gasteiger partial charge in [0.15, 0.2) is 0 Å². The first-order valence-corrected chi connectivity index (χ1v) is 6.36. The van der Waals surface area contributed by atoms with E-state index >= 15 is 0 Å². The van der Waals surface area contributed by atoms with Gasteiger partial charge in [-0.15, -0.1) is 0 Å². The van der Waals surface area contributed by atoms with E-state index < -0.39 is 17.8 Å². The number of hydrogen-bond donors (Lipinski definition) is 2. The second-order valence-electron chi connectivity index (χ2n) is 4.14. The topological polar surface area (TPSA) is 84.5 Å². The number of rotatable bonds is 5. The molecule has 6 nitrogen and oxygen atoms in total. The number of methoxy groups -OCH3 is 1. The lowest BCUT2D eigenvalue weighted by Crippen LogP contribution is -2.35. The van der Waals surface area contributed by atoms with E-state index in [-0.39, 0.29) is 0 Å². The van der Waals surface area contributed by atoms with Gasteiger partial charge in [-0.3, -0.25) is 9.59 Å². The van der Waals surface area contributed by atoms with Crippen molar-refractivity contribution >= 4 is 23.5 Å². The van der Waals surface area contributed by atoms with Gasteiger partial charge in [-0.05, 0) is 24.6 Å². The van der Waals surface area contributed by atoms with Crippen LogP contribution in [0.15, 0.2) is 24.3 Å². The molecule has 1 aromatic carbocycles. The minimum atomic E-state index is -0.761. The Morgan fingerprint density at radius 1 is 1.20 bits per heavy atom. The Balaban J connectivity index is 2.61. The van der Waals surface area contributed by atoms with Crippen LogP contribution in [0.2, 0.25) is 0 Å². The number of hydrogen-bond acceptors (Lipinski definition) is 4. The number of ether oxygens (including phenoxy) is 1. The van der Waals surface area contributed by atoms with Crippen LogP contribution in [0.25, 0.3) is 0 Å². The molecule has 1 rings (SSSR count). The number of amides is 2. The summed E-state index contributed by atoms with van der Waals surface area (Å²) in [5.41, 5.74) is 0.667. The molecule has 20 heavy (non-hydrogen) atoms. The van der Waals surface area contributed by atoms with Crippen molar-refractivity contribution in [3.05, 3.63) is 29.8 Å². The smallest absolute Gasteiger partial charge is 0.337 e. The van der Waals surface area contributed by atoms with Gasteiger partial charge in [0, 0.05) is 12.2 Å². The summed E-state index contributed by atoms with van der Waals surface area (Å²) >= 11 is 0. The molecule has 0 atom stereocenters.